The van der Waals surface area contributed by atoms with Crippen LogP contribution in [-0.4, -0.2) is 25.0 Å². The average Bonchev–Trinajstić information content (AvgIpc) is 2.67. The van der Waals surface area contributed by atoms with Gasteiger partial charge in [-0.15, -0.1) is 0 Å². The maximum Gasteiger partial charge on any atom is 0.244 e. The van der Waals surface area contributed by atoms with Crippen molar-refractivity contribution in [2.45, 2.75) is 25.8 Å². The van der Waals surface area contributed by atoms with Crippen LogP contribution in [0.3, 0.4) is 0 Å². The van der Waals surface area contributed by atoms with Gasteiger partial charge in [0.15, 0.2) is 0 Å². The summed E-state index contributed by atoms with van der Waals surface area (Å²) in [6, 6.07) is 5.13. The van der Waals surface area contributed by atoms with Gasteiger partial charge in [-0.25, -0.2) is 0 Å². The van der Waals surface area contributed by atoms with Gasteiger partial charge in [-0.1, -0.05) is 30.1 Å². The van der Waals surface area contributed by atoms with Crippen LogP contribution in [0.15, 0.2) is 18.2 Å². The first-order valence-electron chi connectivity index (χ1n) is 6.12. The van der Waals surface area contributed by atoms with Crippen LogP contribution >= 0.6 is 23.2 Å². The Hall–Kier alpha value is -0.770. The molecule has 1 aromatic carbocycles. The zero-order valence-corrected chi connectivity index (χ0v) is 11.8. The van der Waals surface area contributed by atoms with E-state index in [2.05, 4.69) is 12.2 Å². The lowest BCUT2D eigenvalue weighted by atomic mass is 10.2. The minimum absolute atomic E-state index is 0.0808. The number of rotatable bonds is 4. The lowest BCUT2D eigenvalue weighted by Crippen LogP contribution is -2.38. The number of amides is 1. The fraction of sp³-hybridized carbons (Fsp3) is 0.462. The Bertz CT molecular complexity index is 430. The van der Waals surface area contributed by atoms with Crippen LogP contribution in [-0.2, 0) is 4.79 Å². The molecule has 5 heteroatoms. The van der Waals surface area contributed by atoms with Crippen LogP contribution in [0, 0.1) is 0 Å². The van der Waals surface area contributed by atoms with Crippen LogP contribution in [0.1, 0.15) is 19.8 Å². The Morgan fingerprint density at radius 3 is 2.61 bits per heavy atom. The number of carbonyl (C=O) groups excluding carboxylic acids is 1. The standard InChI is InChI=1S/C13H16Cl2N2O/c1-2-4-16-12-3-5-17(13(12)18)11-7-9(14)6-10(15)8-11/h6-8,12,16H,2-5H2,1H3. The smallest absolute Gasteiger partial charge is 0.244 e. The molecule has 98 valence electrons. The molecule has 1 aromatic rings. The minimum Gasteiger partial charge on any atom is -0.311 e. The maximum atomic E-state index is 12.2. The number of nitrogens with one attached hydrogen (secondary N) is 1. The molecule has 1 saturated heterocycles. The molecule has 1 amide bonds. The monoisotopic (exact) mass is 286 g/mol. The second-order valence-corrected chi connectivity index (χ2v) is 5.29. The number of hydrogen-bond donors (Lipinski definition) is 1. The second kappa shape index (κ2) is 5.91. The first-order chi connectivity index (χ1) is 8.61. The van der Waals surface area contributed by atoms with Crippen LogP contribution in [0.2, 0.25) is 10.0 Å². The van der Waals surface area contributed by atoms with Crippen molar-refractivity contribution in [3.05, 3.63) is 28.2 Å². The topological polar surface area (TPSA) is 32.3 Å². The normalized spacial score (nSPS) is 19.6. The number of hydrogen-bond acceptors (Lipinski definition) is 2. The van der Waals surface area contributed by atoms with Crippen molar-refractivity contribution in [2.75, 3.05) is 18.0 Å². The van der Waals surface area contributed by atoms with Crippen molar-refractivity contribution in [1.29, 1.82) is 0 Å². The third kappa shape index (κ3) is 2.97. The Labute approximate surface area is 117 Å². The van der Waals surface area contributed by atoms with Gasteiger partial charge in [0, 0.05) is 22.3 Å². The number of benzene rings is 1. The highest BCUT2D eigenvalue weighted by atomic mass is 35.5. The van der Waals surface area contributed by atoms with E-state index in [4.69, 9.17) is 23.2 Å². The Kier molecular flexibility index (Phi) is 4.49. The molecule has 0 aliphatic carbocycles. The van der Waals surface area contributed by atoms with Crippen molar-refractivity contribution in [2.24, 2.45) is 0 Å². The van der Waals surface area contributed by atoms with Crippen molar-refractivity contribution in [3.8, 4) is 0 Å². The minimum atomic E-state index is -0.0808. The quantitative estimate of drug-likeness (QED) is 0.923. The summed E-state index contributed by atoms with van der Waals surface area (Å²) in [6.07, 6.45) is 1.84. The summed E-state index contributed by atoms with van der Waals surface area (Å²) in [5, 5.41) is 4.36. The summed E-state index contributed by atoms with van der Waals surface area (Å²) in [7, 11) is 0. The van der Waals surface area contributed by atoms with E-state index >= 15 is 0 Å². The van der Waals surface area contributed by atoms with Gasteiger partial charge in [0.05, 0.1) is 6.04 Å². The van der Waals surface area contributed by atoms with E-state index in [9.17, 15) is 4.79 Å². The van der Waals surface area contributed by atoms with Crippen LogP contribution < -0.4 is 10.2 Å². The second-order valence-electron chi connectivity index (χ2n) is 4.41. The molecule has 0 saturated carbocycles. The number of halogens is 2. The van der Waals surface area contributed by atoms with Crippen LogP contribution in [0.5, 0.6) is 0 Å². The molecule has 1 aliphatic rings. The predicted octanol–water partition coefficient (Wildman–Crippen LogP) is 3.10. The van der Waals surface area contributed by atoms with Gasteiger partial charge in [0.1, 0.15) is 0 Å². The van der Waals surface area contributed by atoms with E-state index < -0.39 is 0 Å². The highest BCUT2D eigenvalue weighted by Crippen LogP contribution is 2.28. The van der Waals surface area contributed by atoms with E-state index in [1.54, 1.807) is 23.1 Å². The fourth-order valence-corrected chi connectivity index (χ4v) is 2.65. The van der Waals surface area contributed by atoms with Crippen LogP contribution in [0.4, 0.5) is 5.69 Å². The van der Waals surface area contributed by atoms with Crippen molar-refractivity contribution in [1.82, 2.24) is 5.32 Å². The Morgan fingerprint density at radius 1 is 1.33 bits per heavy atom. The molecule has 1 heterocycles. The highest BCUT2D eigenvalue weighted by molar-refractivity contribution is 6.35. The zero-order valence-electron chi connectivity index (χ0n) is 10.2. The van der Waals surface area contributed by atoms with E-state index in [1.165, 1.54) is 0 Å². The number of carbonyl (C=O) groups is 1. The molecule has 0 bridgehead atoms. The first-order valence-corrected chi connectivity index (χ1v) is 6.88. The summed E-state index contributed by atoms with van der Waals surface area (Å²) in [5.74, 6) is 0.0989. The molecular weight excluding hydrogens is 271 g/mol. The molecular formula is C13H16Cl2N2O. The Balaban J connectivity index is 2.13. The molecule has 1 atom stereocenters. The summed E-state index contributed by atoms with van der Waals surface area (Å²) >= 11 is 11.9. The van der Waals surface area contributed by atoms with Crippen molar-refractivity contribution < 1.29 is 4.79 Å². The van der Waals surface area contributed by atoms with Gasteiger partial charge in [0.2, 0.25) is 5.91 Å². The molecule has 1 unspecified atom stereocenters. The number of nitrogens with zero attached hydrogens (tertiary/aromatic N) is 1. The Morgan fingerprint density at radius 2 is 2.00 bits per heavy atom. The van der Waals surface area contributed by atoms with Crippen LogP contribution in [0.25, 0.3) is 0 Å². The van der Waals surface area contributed by atoms with E-state index in [-0.39, 0.29) is 11.9 Å². The lowest BCUT2D eigenvalue weighted by Gasteiger charge is -2.17. The SMILES string of the molecule is CCCNC1CCN(c2cc(Cl)cc(Cl)c2)C1=O. The van der Waals surface area contributed by atoms with Gasteiger partial charge in [0.25, 0.3) is 0 Å². The molecule has 1 N–H and O–H groups in total. The maximum absolute atomic E-state index is 12.2. The molecule has 18 heavy (non-hydrogen) atoms. The van der Waals surface area contributed by atoms with Gasteiger partial charge in [-0.05, 0) is 37.6 Å². The van der Waals surface area contributed by atoms with E-state index in [0.717, 1.165) is 25.1 Å². The summed E-state index contributed by atoms with van der Waals surface area (Å²) in [5.41, 5.74) is 0.776. The lowest BCUT2D eigenvalue weighted by molar-refractivity contribution is -0.118. The predicted molar refractivity (Wildman–Crippen MR) is 75.5 cm³/mol. The van der Waals surface area contributed by atoms with Crippen molar-refractivity contribution >= 4 is 34.8 Å². The van der Waals surface area contributed by atoms with Crippen molar-refractivity contribution in [3.63, 3.8) is 0 Å². The molecule has 2 rings (SSSR count). The highest BCUT2D eigenvalue weighted by Gasteiger charge is 2.32. The molecule has 1 fully saturated rings. The summed E-state index contributed by atoms with van der Waals surface area (Å²) < 4.78 is 0. The molecule has 3 nitrogen and oxygen atoms in total. The van der Waals surface area contributed by atoms with Gasteiger partial charge in [-0.3, -0.25) is 4.79 Å². The summed E-state index contributed by atoms with van der Waals surface area (Å²) in [4.78, 5) is 14.0. The average molecular weight is 287 g/mol. The molecule has 0 aromatic heterocycles. The third-order valence-electron chi connectivity index (χ3n) is 3.01. The van der Waals surface area contributed by atoms with E-state index in [0.29, 0.717) is 16.6 Å². The third-order valence-corrected chi connectivity index (χ3v) is 3.44. The summed E-state index contributed by atoms with van der Waals surface area (Å²) in [6.45, 7) is 3.65. The largest absolute Gasteiger partial charge is 0.311 e. The molecule has 1 aliphatic heterocycles. The molecule has 0 radical (unpaired) electrons. The molecule has 0 spiro atoms. The first kappa shape index (κ1) is 13.7. The van der Waals surface area contributed by atoms with Gasteiger partial charge < -0.3 is 10.2 Å². The zero-order chi connectivity index (χ0) is 13.1. The fourth-order valence-electron chi connectivity index (χ4n) is 2.14. The number of anilines is 1. The van der Waals surface area contributed by atoms with E-state index in [1.807, 2.05) is 0 Å². The van der Waals surface area contributed by atoms with Gasteiger partial charge >= 0.3 is 0 Å². The van der Waals surface area contributed by atoms with Gasteiger partial charge in [-0.2, -0.15) is 0 Å².